The molecular formula is C17H17BrN2. The minimum absolute atomic E-state index is 0.301. The number of nitrogens with zero attached hydrogens (tertiary/aromatic N) is 1. The zero-order valence-electron chi connectivity index (χ0n) is 11.4. The van der Waals surface area contributed by atoms with Crippen LogP contribution in [0.3, 0.4) is 0 Å². The van der Waals surface area contributed by atoms with Crippen LogP contribution in [0.25, 0.3) is 0 Å². The van der Waals surface area contributed by atoms with Crippen LogP contribution < -0.4 is 5.32 Å². The van der Waals surface area contributed by atoms with Crippen molar-refractivity contribution in [2.24, 2.45) is 0 Å². The van der Waals surface area contributed by atoms with Gasteiger partial charge < -0.3 is 5.32 Å². The molecule has 1 unspecified atom stereocenters. The van der Waals surface area contributed by atoms with Crippen molar-refractivity contribution in [3.8, 4) is 6.07 Å². The van der Waals surface area contributed by atoms with Gasteiger partial charge in [0.05, 0.1) is 11.6 Å². The summed E-state index contributed by atoms with van der Waals surface area (Å²) >= 11 is 3.45. The molecule has 2 rings (SSSR count). The minimum atomic E-state index is 0.301. The molecule has 0 saturated carbocycles. The van der Waals surface area contributed by atoms with Gasteiger partial charge in [0.1, 0.15) is 0 Å². The molecule has 0 aromatic heterocycles. The molecule has 0 amide bonds. The third-order valence-electron chi connectivity index (χ3n) is 3.36. The topological polar surface area (TPSA) is 35.8 Å². The molecule has 0 aliphatic rings. The van der Waals surface area contributed by atoms with Crippen molar-refractivity contribution < 1.29 is 0 Å². The molecule has 1 atom stereocenters. The van der Waals surface area contributed by atoms with Gasteiger partial charge in [-0.25, -0.2) is 0 Å². The fourth-order valence-electron chi connectivity index (χ4n) is 2.21. The summed E-state index contributed by atoms with van der Waals surface area (Å²) in [5.41, 5.74) is 3.06. The molecule has 3 heteroatoms. The molecule has 0 bridgehead atoms. The van der Waals surface area contributed by atoms with Gasteiger partial charge in [-0.05, 0) is 35.7 Å². The predicted molar refractivity (Wildman–Crippen MR) is 85.2 cm³/mol. The van der Waals surface area contributed by atoms with Crippen molar-refractivity contribution in [3.05, 3.63) is 69.7 Å². The fourth-order valence-corrected chi connectivity index (χ4v) is 2.47. The van der Waals surface area contributed by atoms with E-state index in [4.69, 9.17) is 5.26 Å². The number of hydrogen-bond donors (Lipinski definition) is 1. The second kappa shape index (κ2) is 7.23. The third kappa shape index (κ3) is 3.69. The Morgan fingerprint density at radius 2 is 1.85 bits per heavy atom. The van der Waals surface area contributed by atoms with E-state index in [0.717, 1.165) is 22.0 Å². The Kier molecular flexibility index (Phi) is 5.34. The molecule has 102 valence electrons. The van der Waals surface area contributed by atoms with E-state index in [9.17, 15) is 0 Å². The Morgan fingerprint density at radius 1 is 1.15 bits per heavy atom. The van der Waals surface area contributed by atoms with E-state index in [1.165, 1.54) is 5.56 Å². The highest BCUT2D eigenvalue weighted by atomic mass is 79.9. The van der Waals surface area contributed by atoms with E-state index in [0.29, 0.717) is 12.6 Å². The highest BCUT2D eigenvalue weighted by molar-refractivity contribution is 9.10. The monoisotopic (exact) mass is 328 g/mol. The fraction of sp³-hybridized carbons (Fsp3) is 0.235. The summed E-state index contributed by atoms with van der Waals surface area (Å²) in [5, 5.41) is 12.6. The SMILES string of the molecule is CCC(NCc1ccccc1C#N)c1ccc(Br)cc1. The van der Waals surface area contributed by atoms with Crippen LogP contribution in [0.15, 0.2) is 53.0 Å². The van der Waals surface area contributed by atoms with Crippen molar-refractivity contribution in [2.45, 2.75) is 25.9 Å². The third-order valence-corrected chi connectivity index (χ3v) is 3.89. The van der Waals surface area contributed by atoms with Gasteiger partial charge in [0.25, 0.3) is 0 Å². The zero-order chi connectivity index (χ0) is 14.4. The van der Waals surface area contributed by atoms with Crippen molar-refractivity contribution >= 4 is 15.9 Å². The average Bonchev–Trinajstić information content (AvgIpc) is 2.50. The van der Waals surface area contributed by atoms with Crippen molar-refractivity contribution in [3.63, 3.8) is 0 Å². The Labute approximate surface area is 128 Å². The van der Waals surface area contributed by atoms with Crippen molar-refractivity contribution in [2.75, 3.05) is 0 Å². The molecule has 0 heterocycles. The number of benzene rings is 2. The number of nitriles is 1. The van der Waals surface area contributed by atoms with Gasteiger partial charge in [-0.15, -0.1) is 0 Å². The Bertz CT molecular complexity index is 599. The van der Waals surface area contributed by atoms with Gasteiger partial charge in [0, 0.05) is 17.1 Å². The van der Waals surface area contributed by atoms with Gasteiger partial charge in [-0.2, -0.15) is 5.26 Å². The molecule has 0 radical (unpaired) electrons. The lowest BCUT2D eigenvalue weighted by Crippen LogP contribution is -2.20. The maximum atomic E-state index is 9.11. The summed E-state index contributed by atoms with van der Waals surface area (Å²) in [6, 6.07) is 18.6. The molecule has 1 N–H and O–H groups in total. The average molecular weight is 329 g/mol. The van der Waals surface area contributed by atoms with Crippen LogP contribution in [0.2, 0.25) is 0 Å². The summed E-state index contributed by atoms with van der Waals surface area (Å²) in [6.07, 6.45) is 1.01. The molecule has 2 aromatic rings. The number of rotatable bonds is 5. The second-order valence-electron chi connectivity index (χ2n) is 4.66. The summed E-state index contributed by atoms with van der Waals surface area (Å²) in [6.45, 7) is 2.87. The van der Waals surface area contributed by atoms with E-state index in [1.807, 2.05) is 24.3 Å². The zero-order valence-corrected chi connectivity index (χ0v) is 13.0. The van der Waals surface area contributed by atoms with E-state index in [2.05, 4.69) is 58.5 Å². The highest BCUT2D eigenvalue weighted by Crippen LogP contribution is 2.20. The molecule has 0 fully saturated rings. The molecule has 0 aliphatic carbocycles. The highest BCUT2D eigenvalue weighted by Gasteiger charge is 2.09. The van der Waals surface area contributed by atoms with Crippen LogP contribution in [0, 0.1) is 11.3 Å². The van der Waals surface area contributed by atoms with E-state index in [-0.39, 0.29) is 0 Å². The Hall–Kier alpha value is -1.63. The molecule has 0 spiro atoms. The smallest absolute Gasteiger partial charge is 0.0995 e. The molecule has 2 aromatic carbocycles. The first-order valence-electron chi connectivity index (χ1n) is 6.71. The van der Waals surface area contributed by atoms with Crippen LogP contribution in [0.5, 0.6) is 0 Å². The molecule has 20 heavy (non-hydrogen) atoms. The standard InChI is InChI=1S/C17H17BrN2/c1-2-17(13-7-9-16(18)10-8-13)20-12-15-6-4-3-5-14(15)11-19/h3-10,17,20H,2,12H2,1H3. The number of hydrogen-bond acceptors (Lipinski definition) is 2. The summed E-state index contributed by atoms with van der Waals surface area (Å²) in [7, 11) is 0. The van der Waals surface area contributed by atoms with Crippen molar-refractivity contribution in [1.29, 1.82) is 5.26 Å². The second-order valence-corrected chi connectivity index (χ2v) is 5.58. The van der Waals surface area contributed by atoms with Gasteiger partial charge in [-0.1, -0.05) is 53.2 Å². The largest absolute Gasteiger partial charge is 0.306 e. The summed E-state index contributed by atoms with van der Waals surface area (Å²) in [5.74, 6) is 0. The predicted octanol–water partition coefficient (Wildman–Crippen LogP) is 4.56. The first-order valence-corrected chi connectivity index (χ1v) is 7.50. The summed E-state index contributed by atoms with van der Waals surface area (Å²) < 4.78 is 1.09. The first-order chi connectivity index (χ1) is 9.74. The van der Waals surface area contributed by atoms with Crippen LogP contribution in [0.1, 0.15) is 36.1 Å². The Morgan fingerprint density at radius 3 is 2.50 bits per heavy atom. The van der Waals surface area contributed by atoms with Crippen LogP contribution >= 0.6 is 15.9 Å². The van der Waals surface area contributed by atoms with Gasteiger partial charge in [0.2, 0.25) is 0 Å². The normalized spacial score (nSPS) is 11.8. The Balaban J connectivity index is 2.08. The van der Waals surface area contributed by atoms with E-state index < -0.39 is 0 Å². The van der Waals surface area contributed by atoms with Gasteiger partial charge in [0.15, 0.2) is 0 Å². The number of halogens is 1. The maximum Gasteiger partial charge on any atom is 0.0995 e. The molecule has 0 saturated heterocycles. The van der Waals surface area contributed by atoms with Crippen molar-refractivity contribution in [1.82, 2.24) is 5.32 Å². The van der Waals surface area contributed by atoms with Crippen LogP contribution in [0.4, 0.5) is 0 Å². The minimum Gasteiger partial charge on any atom is -0.306 e. The summed E-state index contributed by atoms with van der Waals surface area (Å²) in [4.78, 5) is 0. The lowest BCUT2D eigenvalue weighted by atomic mass is 10.0. The maximum absolute atomic E-state index is 9.11. The molecular weight excluding hydrogens is 312 g/mol. The lowest BCUT2D eigenvalue weighted by Gasteiger charge is -2.18. The van der Waals surface area contributed by atoms with E-state index in [1.54, 1.807) is 0 Å². The van der Waals surface area contributed by atoms with E-state index >= 15 is 0 Å². The van der Waals surface area contributed by atoms with Crippen LogP contribution in [-0.2, 0) is 6.54 Å². The quantitative estimate of drug-likeness (QED) is 0.873. The van der Waals surface area contributed by atoms with Gasteiger partial charge in [-0.3, -0.25) is 0 Å². The van der Waals surface area contributed by atoms with Crippen LogP contribution in [-0.4, -0.2) is 0 Å². The van der Waals surface area contributed by atoms with Gasteiger partial charge >= 0.3 is 0 Å². The number of nitrogens with one attached hydrogen (secondary N) is 1. The molecule has 0 aliphatic heterocycles. The molecule has 2 nitrogen and oxygen atoms in total. The first kappa shape index (κ1) is 14.8. The lowest BCUT2D eigenvalue weighted by molar-refractivity contribution is 0.518.